The van der Waals surface area contributed by atoms with Crippen molar-refractivity contribution >= 4 is 53.4 Å². The van der Waals surface area contributed by atoms with Gasteiger partial charge >= 0.3 is 5.97 Å². The minimum Gasteiger partial charge on any atom is -0.508 e. The average molecular weight is 792 g/mol. The molecule has 17 heteroatoms. The van der Waals surface area contributed by atoms with Crippen LogP contribution in [0.1, 0.15) is 59.4 Å². The first kappa shape index (κ1) is 46.6. The van der Waals surface area contributed by atoms with Gasteiger partial charge in [0.15, 0.2) is 0 Å². The Kier molecular flexibility index (Phi) is 19.2. The van der Waals surface area contributed by atoms with Crippen LogP contribution in [0, 0.1) is 11.8 Å². The van der Waals surface area contributed by atoms with Crippen LogP contribution in [-0.4, -0.2) is 88.7 Å². The summed E-state index contributed by atoms with van der Waals surface area (Å²) >= 11 is 0. The number of ether oxygens (including phenoxy) is 1. The number of cyclic esters (lactones) is 1. The highest BCUT2D eigenvalue weighted by Crippen LogP contribution is 2.15. The second kappa shape index (κ2) is 23.4. The molecule has 0 radical (unpaired) electrons. The number of carbonyl (C=O) groups excluding carboxylic acids is 8. The van der Waals surface area contributed by atoms with Crippen LogP contribution in [0.2, 0.25) is 0 Å². The number of nitrogens with two attached hydrogens (primary N) is 2. The number of rotatable bonds is 14. The summed E-state index contributed by atoms with van der Waals surface area (Å²) in [6, 6.07) is -0.833. The van der Waals surface area contributed by atoms with Gasteiger partial charge in [-0.05, 0) is 36.5 Å². The number of amides is 7. The van der Waals surface area contributed by atoms with E-state index in [9.17, 15) is 43.5 Å². The molecule has 2 rings (SSSR count). The lowest BCUT2D eigenvalue weighted by Gasteiger charge is -2.31. The van der Waals surface area contributed by atoms with Gasteiger partial charge in [-0.25, -0.2) is 4.79 Å². The highest BCUT2D eigenvalue weighted by molar-refractivity contribution is 5.99. The summed E-state index contributed by atoms with van der Waals surface area (Å²) in [5, 5.41) is 21.5. The maximum Gasteiger partial charge on any atom is 0.329 e. The number of primary amides is 2. The van der Waals surface area contributed by atoms with Crippen molar-refractivity contribution in [1.29, 1.82) is 0 Å². The normalized spacial score (nSPS) is 23.7. The first-order valence-corrected chi connectivity index (χ1v) is 18.4. The van der Waals surface area contributed by atoms with Crippen LogP contribution in [0.25, 0.3) is 6.08 Å². The molecule has 1 aromatic rings. The number of benzene rings is 1. The Morgan fingerprint density at radius 1 is 0.737 bits per heavy atom. The van der Waals surface area contributed by atoms with Crippen molar-refractivity contribution < 1.29 is 48.2 Å². The average Bonchev–Trinajstić information content (AvgIpc) is 3.14. The fourth-order valence-electron chi connectivity index (χ4n) is 5.26. The van der Waals surface area contributed by atoms with E-state index >= 15 is 0 Å². The van der Waals surface area contributed by atoms with Gasteiger partial charge in [-0.1, -0.05) is 101 Å². The molecule has 7 unspecified atom stereocenters. The number of allylic oxidation sites excluding steroid dienone is 8. The Hall–Kier alpha value is -6.52. The van der Waals surface area contributed by atoms with Gasteiger partial charge in [-0.2, -0.15) is 0 Å². The summed E-state index contributed by atoms with van der Waals surface area (Å²) in [7, 11) is 0. The lowest BCUT2D eigenvalue weighted by Crippen LogP contribution is -2.62. The minimum absolute atomic E-state index is 0.182. The third-order valence-electron chi connectivity index (χ3n) is 8.65. The molecule has 0 saturated carbocycles. The maximum absolute atomic E-state index is 13.8. The molecule has 57 heavy (non-hydrogen) atoms. The summed E-state index contributed by atoms with van der Waals surface area (Å²) in [5.74, 6) is -8.64. The molecular weight excluding hydrogens is 738 g/mol. The molecule has 1 aliphatic heterocycles. The van der Waals surface area contributed by atoms with E-state index in [-0.39, 0.29) is 5.75 Å². The molecule has 308 valence electrons. The third kappa shape index (κ3) is 16.4. The predicted molar refractivity (Wildman–Crippen MR) is 211 cm³/mol. The molecule has 0 aromatic heterocycles. The van der Waals surface area contributed by atoms with E-state index in [4.69, 9.17) is 16.2 Å². The summed E-state index contributed by atoms with van der Waals surface area (Å²) in [5.41, 5.74) is 11.6. The van der Waals surface area contributed by atoms with Crippen LogP contribution in [-0.2, 0) is 43.1 Å². The molecule has 1 aliphatic rings. The first-order valence-electron chi connectivity index (χ1n) is 18.4. The predicted octanol–water partition coefficient (Wildman–Crippen LogP) is 0.452. The molecule has 7 amide bonds. The Morgan fingerprint density at radius 3 is 1.75 bits per heavy atom. The van der Waals surface area contributed by atoms with Gasteiger partial charge in [-0.3, -0.25) is 33.6 Å². The monoisotopic (exact) mass is 791 g/mol. The number of nitrogens with one attached hydrogen (secondary N) is 5. The van der Waals surface area contributed by atoms with E-state index in [1.165, 1.54) is 13.0 Å². The summed E-state index contributed by atoms with van der Waals surface area (Å²) in [4.78, 5) is 105. The van der Waals surface area contributed by atoms with Crippen molar-refractivity contribution in [2.24, 2.45) is 23.3 Å². The zero-order valence-electron chi connectivity index (χ0n) is 32.6. The highest BCUT2D eigenvalue weighted by atomic mass is 16.5. The smallest absolute Gasteiger partial charge is 0.329 e. The number of phenols is 1. The lowest BCUT2D eigenvalue weighted by atomic mass is 9.98. The number of hydrogen-bond acceptors (Lipinski definition) is 10. The molecule has 7 atom stereocenters. The second-order valence-electron chi connectivity index (χ2n) is 13.7. The molecule has 1 saturated heterocycles. The van der Waals surface area contributed by atoms with Crippen molar-refractivity contribution in [1.82, 2.24) is 26.6 Å². The lowest BCUT2D eigenvalue weighted by molar-refractivity contribution is -0.157. The van der Waals surface area contributed by atoms with Crippen LogP contribution >= 0.6 is 0 Å². The molecule has 0 spiro atoms. The van der Waals surface area contributed by atoms with E-state index in [0.717, 1.165) is 11.6 Å². The van der Waals surface area contributed by atoms with E-state index < -0.39 is 108 Å². The van der Waals surface area contributed by atoms with Crippen molar-refractivity contribution in [3.8, 4) is 5.75 Å². The standard InChI is InChI=1S/C40H53N7O10/c1-6-24(4)34-40(56)57-25(5)35(45-32(51)16-14-12-10-8-7-9-11-13-15-26-17-19-27(48)20-18-26)39(55)46-33(23(2)3)38(54)44-28(21-30(41)49)36(52)43-29(22-31(42)50)37(53)47-34/h7-20,23-25,28-29,33-35,48H,6,21-22H2,1-5H3,(H2,41,49)(H2,42,50)(H,43,52)(H,44,54)(H,45,51)(H,46,55)(H,47,53). The number of esters is 1. The van der Waals surface area contributed by atoms with E-state index in [1.807, 2.05) is 12.2 Å². The SMILES string of the molecule is CCC(C)C1NC(=O)C(CC(N)=O)NC(=O)C(CC(N)=O)NC(=O)C(C(C)C)NC(=O)C(NC(=O)C=CC=CC=CC=CC=Cc2ccc(O)cc2)C(C)OC1=O. The Morgan fingerprint density at radius 2 is 1.23 bits per heavy atom. The number of phenolic OH excluding ortho intramolecular Hbond substituents is 1. The molecule has 1 heterocycles. The van der Waals surface area contributed by atoms with Crippen LogP contribution in [0.5, 0.6) is 5.75 Å². The van der Waals surface area contributed by atoms with E-state index in [2.05, 4.69) is 26.6 Å². The van der Waals surface area contributed by atoms with Gasteiger partial charge in [0.2, 0.25) is 41.4 Å². The molecule has 0 aliphatic carbocycles. The molecule has 10 N–H and O–H groups in total. The van der Waals surface area contributed by atoms with Crippen molar-refractivity contribution in [3.63, 3.8) is 0 Å². The summed E-state index contributed by atoms with van der Waals surface area (Å²) < 4.78 is 5.64. The quantitative estimate of drug-likeness (QED) is 0.0732. The third-order valence-corrected chi connectivity index (χ3v) is 8.65. The number of aromatic hydroxyl groups is 1. The van der Waals surface area contributed by atoms with Crippen LogP contribution in [0.15, 0.2) is 78.9 Å². The first-order chi connectivity index (χ1) is 26.9. The Bertz CT molecular complexity index is 1770. The fourth-order valence-corrected chi connectivity index (χ4v) is 5.26. The van der Waals surface area contributed by atoms with Crippen LogP contribution < -0.4 is 38.1 Å². The van der Waals surface area contributed by atoms with Crippen molar-refractivity contribution in [2.45, 2.75) is 90.2 Å². The number of carbonyl (C=O) groups is 8. The zero-order chi connectivity index (χ0) is 42.7. The van der Waals surface area contributed by atoms with Gasteiger partial charge < -0.3 is 47.9 Å². The van der Waals surface area contributed by atoms with Crippen LogP contribution in [0.4, 0.5) is 0 Å². The van der Waals surface area contributed by atoms with Crippen molar-refractivity contribution in [2.75, 3.05) is 0 Å². The fraction of sp³-hybridized carbons (Fsp3) is 0.400. The Labute approximate surface area is 331 Å². The molecule has 0 bridgehead atoms. The van der Waals surface area contributed by atoms with E-state index in [0.29, 0.717) is 6.42 Å². The van der Waals surface area contributed by atoms with E-state index in [1.54, 1.807) is 88.4 Å². The van der Waals surface area contributed by atoms with Gasteiger partial charge in [0.1, 0.15) is 42.1 Å². The van der Waals surface area contributed by atoms with Crippen LogP contribution in [0.3, 0.4) is 0 Å². The number of hydrogen-bond donors (Lipinski definition) is 8. The van der Waals surface area contributed by atoms with Gasteiger partial charge in [0.25, 0.3) is 0 Å². The van der Waals surface area contributed by atoms with Gasteiger partial charge in [0.05, 0.1) is 12.8 Å². The van der Waals surface area contributed by atoms with Gasteiger partial charge in [0, 0.05) is 6.08 Å². The molecule has 1 aromatic carbocycles. The van der Waals surface area contributed by atoms with Crippen molar-refractivity contribution in [3.05, 3.63) is 84.5 Å². The molecular formula is C40H53N7O10. The zero-order valence-corrected chi connectivity index (χ0v) is 32.6. The minimum atomic E-state index is -1.65. The topological polar surface area (TPSA) is 278 Å². The largest absolute Gasteiger partial charge is 0.508 e. The molecule has 1 fully saturated rings. The summed E-state index contributed by atoms with van der Waals surface area (Å²) in [6.07, 6.45) is 14.0. The Balaban J connectivity index is 2.39. The summed E-state index contributed by atoms with van der Waals surface area (Å²) in [6.45, 7) is 7.88. The highest BCUT2D eigenvalue weighted by Gasteiger charge is 2.39. The molecule has 17 nitrogen and oxygen atoms in total. The second-order valence-corrected chi connectivity index (χ2v) is 13.7. The van der Waals surface area contributed by atoms with Gasteiger partial charge in [-0.15, -0.1) is 0 Å². The maximum atomic E-state index is 13.8.